The van der Waals surface area contributed by atoms with Gasteiger partial charge in [0.15, 0.2) is 11.5 Å². The lowest BCUT2D eigenvalue weighted by molar-refractivity contribution is 0.0724. The summed E-state index contributed by atoms with van der Waals surface area (Å²) < 4.78 is 13.2. The lowest BCUT2D eigenvalue weighted by Crippen LogP contribution is -2.32. The van der Waals surface area contributed by atoms with Crippen LogP contribution in [0.25, 0.3) is 0 Å². The maximum absolute atomic E-state index is 13.0. The molecule has 0 radical (unpaired) electrons. The molecule has 1 aromatic heterocycles. The Morgan fingerprint density at radius 1 is 1.16 bits per heavy atom. The van der Waals surface area contributed by atoms with E-state index in [1.54, 1.807) is 4.68 Å². The molecular formula is C19H23N3O3. The molecule has 0 aliphatic carbocycles. The predicted molar refractivity (Wildman–Crippen MR) is 93.0 cm³/mol. The van der Waals surface area contributed by atoms with Crippen molar-refractivity contribution < 1.29 is 14.3 Å². The number of aryl methyl sites for hydroxylation is 2. The Balaban J connectivity index is 1.62. The molecule has 2 aliphatic rings. The molecule has 2 aromatic rings. The molecule has 1 amide bonds. The summed E-state index contributed by atoms with van der Waals surface area (Å²) in [6.45, 7) is 4.02. The van der Waals surface area contributed by atoms with Crippen LogP contribution >= 0.6 is 0 Å². The minimum atomic E-state index is 0.0395. The van der Waals surface area contributed by atoms with Crippen molar-refractivity contribution >= 4 is 5.91 Å². The first-order chi connectivity index (χ1) is 12.1. The summed E-state index contributed by atoms with van der Waals surface area (Å²) in [5.74, 6) is 1.61. The number of benzene rings is 1. The first-order valence-electron chi connectivity index (χ1n) is 8.84. The van der Waals surface area contributed by atoms with Crippen molar-refractivity contribution in [2.75, 3.05) is 19.8 Å². The Labute approximate surface area is 147 Å². The molecule has 25 heavy (non-hydrogen) atoms. The van der Waals surface area contributed by atoms with Crippen LogP contribution in [0, 0.1) is 6.92 Å². The highest BCUT2D eigenvalue weighted by Gasteiger charge is 2.32. The zero-order valence-electron chi connectivity index (χ0n) is 14.7. The molecule has 1 aromatic carbocycles. The predicted octanol–water partition coefficient (Wildman–Crippen LogP) is 2.87. The number of aromatic nitrogens is 2. The number of hydrogen-bond donors (Lipinski definition) is 0. The molecule has 0 spiro atoms. The van der Waals surface area contributed by atoms with Crippen LogP contribution in [-0.4, -0.2) is 40.3 Å². The second-order valence-electron chi connectivity index (χ2n) is 6.71. The van der Waals surface area contributed by atoms with Gasteiger partial charge in [0.05, 0.1) is 24.9 Å². The van der Waals surface area contributed by atoms with Gasteiger partial charge >= 0.3 is 0 Å². The molecule has 0 unspecified atom stereocenters. The monoisotopic (exact) mass is 341 g/mol. The van der Waals surface area contributed by atoms with Crippen LogP contribution in [0.2, 0.25) is 0 Å². The number of likely N-dealkylation sites (tertiary alicyclic amines) is 1. The van der Waals surface area contributed by atoms with E-state index >= 15 is 0 Å². The zero-order chi connectivity index (χ0) is 17.4. The third-order valence-electron chi connectivity index (χ3n) is 4.89. The standard InChI is InChI=1S/C19H23N3O3/c1-13-11-16(21(2)20-13)19(23)22-8-3-5-15(22)14-6-7-17-18(12-14)25-10-4-9-24-17/h6-7,11-12,15H,3-5,8-10H2,1-2H3/t15-/m0/s1. The summed E-state index contributed by atoms with van der Waals surface area (Å²) in [6, 6.07) is 7.97. The molecule has 1 atom stereocenters. The lowest BCUT2D eigenvalue weighted by Gasteiger charge is -2.25. The number of nitrogens with zero attached hydrogens (tertiary/aromatic N) is 3. The van der Waals surface area contributed by atoms with E-state index in [0.29, 0.717) is 18.9 Å². The first kappa shape index (κ1) is 16.0. The number of ether oxygens (including phenoxy) is 2. The molecule has 0 N–H and O–H groups in total. The fraction of sp³-hybridized carbons (Fsp3) is 0.474. The minimum absolute atomic E-state index is 0.0395. The van der Waals surface area contributed by atoms with E-state index in [1.165, 1.54) is 0 Å². The first-order valence-corrected chi connectivity index (χ1v) is 8.84. The summed E-state index contributed by atoms with van der Waals surface area (Å²) in [7, 11) is 1.82. The zero-order valence-corrected chi connectivity index (χ0v) is 14.7. The van der Waals surface area contributed by atoms with E-state index < -0.39 is 0 Å². The molecule has 3 heterocycles. The number of rotatable bonds is 2. The van der Waals surface area contributed by atoms with Crippen molar-refractivity contribution in [1.82, 2.24) is 14.7 Å². The molecule has 4 rings (SSSR count). The van der Waals surface area contributed by atoms with Crippen molar-refractivity contribution in [3.63, 3.8) is 0 Å². The molecule has 0 saturated carbocycles. The molecule has 1 fully saturated rings. The van der Waals surface area contributed by atoms with Crippen LogP contribution in [-0.2, 0) is 7.05 Å². The van der Waals surface area contributed by atoms with Crippen molar-refractivity contribution in [3.8, 4) is 11.5 Å². The maximum atomic E-state index is 13.0. The van der Waals surface area contributed by atoms with E-state index in [-0.39, 0.29) is 11.9 Å². The fourth-order valence-corrected chi connectivity index (χ4v) is 3.70. The number of hydrogen-bond acceptors (Lipinski definition) is 4. The second kappa shape index (κ2) is 6.43. The SMILES string of the molecule is Cc1cc(C(=O)N2CCC[C@H]2c2ccc3c(c2)OCCCO3)n(C)n1. The number of fused-ring (bicyclic) bond motifs is 1. The van der Waals surface area contributed by atoms with Crippen LogP contribution < -0.4 is 9.47 Å². The molecule has 6 nitrogen and oxygen atoms in total. The van der Waals surface area contributed by atoms with Crippen LogP contribution in [0.3, 0.4) is 0 Å². The normalized spacial score (nSPS) is 19.8. The highest BCUT2D eigenvalue weighted by molar-refractivity contribution is 5.93. The van der Waals surface area contributed by atoms with Gasteiger partial charge in [-0.2, -0.15) is 5.10 Å². The Kier molecular flexibility index (Phi) is 4.11. The second-order valence-corrected chi connectivity index (χ2v) is 6.71. The Hall–Kier alpha value is -2.50. The van der Waals surface area contributed by atoms with Gasteiger partial charge in [0.1, 0.15) is 5.69 Å². The number of carbonyl (C=O) groups excluding carboxylic acids is 1. The minimum Gasteiger partial charge on any atom is -0.490 e. The van der Waals surface area contributed by atoms with Crippen molar-refractivity contribution in [3.05, 3.63) is 41.2 Å². The molecule has 6 heteroatoms. The lowest BCUT2D eigenvalue weighted by atomic mass is 10.0. The summed E-state index contributed by atoms with van der Waals surface area (Å²) in [5, 5.41) is 4.30. The van der Waals surface area contributed by atoms with Crippen molar-refractivity contribution in [1.29, 1.82) is 0 Å². The van der Waals surface area contributed by atoms with Gasteiger partial charge in [-0.1, -0.05) is 6.07 Å². The summed E-state index contributed by atoms with van der Waals surface area (Å²) >= 11 is 0. The third kappa shape index (κ3) is 2.97. The molecule has 1 saturated heterocycles. The Morgan fingerprint density at radius 2 is 1.96 bits per heavy atom. The van der Waals surface area contributed by atoms with Crippen LogP contribution in [0.4, 0.5) is 0 Å². The van der Waals surface area contributed by atoms with Gasteiger partial charge < -0.3 is 14.4 Å². The van der Waals surface area contributed by atoms with E-state index in [1.807, 2.05) is 37.1 Å². The largest absolute Gasteiger partial charge is 0.490 e. The molecule has 132 valence electrons. The summed E-state index contributed by atoms with van der Waals surface area (Å²) in [6.07, 6.45) is 2.85. The van der Waals surface area contributed by atoms with Gasteiger partial charge in [0.25, 0.3) is 5.91 Å². The van der Waals surface area contributed by atoms with Crippen LogP contribution in [0.15, 0.2) is 24.3 Å². The van der Waals surface area contributed by atoms with E-state index in [2.05, 4.69) is 11.2 Å². The molecule has 0 bridgehead atoms. The van der Waals surface area contributed by atoms with E-state index in [0.717, 1.165) is 48.6 Å². The smallest absolute Gasteiger partial charge is 0.272 e. The van der Waals surface area contributed by atoms with Crippen LogP contribution in [0.5, 0.6) is 11.5 Å². The van der Waals surface area contributed by atoms with Crippen molar-refractivity contribution in [2.45, 2.75) is 32.2 Å². The van der Waals surface area contributed by atoms with Gasteiger partial charge in [-0.15, -0.1) is 0 Å². The molecular weight excluding hydrogens is 318 g/mol. The average Bonchev–Trinajstić information content (AvgIpc) is 3.13. The number of amides is 1. The van der Waals surface area contributed by atoms with Gasteiger partial charge in [-0.25, -0.2) is 0 Å². The number of carbonyl (C=O) groups is 1. The summed E-state index contributed by atoms with van der Waals surface area (Å²) in [4.78, 5) is 15.0. The van der Waals surface area contributed by atoms with Gasteiger partial charge in [0, 0.05) is 20.0 Å². The van der Waals surface area contributed by atoms with Crippen molar-refractivity contribution in [2.24, 2.45) is 7.05 Å². The highest BCUT2D eigenvalue weighted by atomic mass is 16.5. The average molecular weight is 341 g/mol. The highest BCUT2D eigenvalue weighted by Crippen LogP contribution is 2.38. The maximum Gasteiger partial charge on any atom is 0.272 e. The van der Waals surface area contributed by atoms with E-state index in [4.69, 9.17) is 9.47 Å². The Morgan fingerprint density at radius 3 is 2.72 bits per heavy atom. The topological polar surface area (TPSA) is 56.6 Å². The van der Waals surface area contributed by atoms with Gasteiger partial charge in [-0.3, -0.25) is 9.48 Å². The third-order valence-corrected chi connectivity index (χ3v) is 4.89. The molecule has 2 aliphatic heterocycles. The fourth-order valence-electron chi connectivity index (χ4n) is 3.70. The van der Waals surface area contributed by atoms with E-state index in [9.17, 15) is 4.79 Å². The Bertz CT molecular complexity index is 799. The van der Waals surface area contributed by atoms with Crippen LogP contribution in [0.1, 0.15) is 47.1 Å². The summed E-state index contributed by atoms with van der Waals surface area (Å²) in [5.41, 5.74) is 2.60. The van der Waals surface area contributed by atoms with Gasteiger partial charge in [0.2, 0.25) is 0 Å². The van der Waals surface area contributed by atoms with Gasteiger partial charge in [-0.05, 0) is 43.5 Å². The quantitative estimate of drug-likeness (QED) is 0.843.